The molecule has 6 heteroatoms. The first-order valence-corrected chi connectivity index (χ1v) is 6.04. The average molecular weight is 271 g/mol. The number of amides is 1. The van der Waals surface area contributed by atoms with Crippen molar-refractivity contribution in [1.82, 2.24) is 5.32 Å². The van der Waals surface area contributed by atoms with Gasteiger partial charge in [0.05, 0.1) is 0 Å². The molecule has 0 unspecified atom stereocenters. The molecule has 106 valence electrons. The zero-order valence-corrected chi connectivity index (χ0v) is 11.3. The minimum Gasteiger partial charge on any atom is -0.351 e. The number of nitrogens with one attached hydrogen (secondary N) is 2. The number of nitrogen functional groups attached to an aromatic ring is 1. The smallest absolute Gasteiger partial charge is 0.251 e. The van der Waals surface area contributed by atoms with E-state index in [4.69, 9.17) is 5.84 Å². The first-order chi connectivity index (χ1) is 8.80. The molecule has 1 amide bonds. The van der Waals surface area contributed by atoms with E-state index < -0.39 is 23.2 Å². The van der Waals surface area contributed by atoms with Crippen LogP contribution in [0.5, 0.6) is 0 Å². The molecule has 0 heterocycles. The van der Waals surface area contributed by atoms with Crippen LogP contribution in [0.3, 0.4) is 0 Å². The summed E-state index contributed by atoms with van der Waals surface area (Å²) in [7, 11) is 0. The van der Waals surface area contributed by atoms with Crippen LogP contribution in [-0.2, 0) is 0 Å². The Balaban J connectivity index is 2.84. The second-order valence-corrected chi connectivity index (χ2v) is 5.16. The first-order valence-electron chi connectivity index (χ1n) is 6.04. The Hall–Kier alpha value is -1.69. The van der Waals surface area contributed by atoms with Crippen LogP contribution in [0, 0.1) is 17.0 Å². The monoisotopic (exact) mass is 271 g/mol. The van der Waals surface area contributed by atoms with Crippen LogP contribution in [0.1, 0.15) is 37.6 Å². The standard InChI is InChI=1S/C13H19F2N3O/c1-4-13(2,3)7-17-12(19)8-5-9(14)11(18-16)10(15)6-8/h5-6,18H,4,7,16H2,1-3H3,(H,17,19). The molecule has 1 rings (SSSR count). The van der Waals surface area contributed by atoms with E-state index in [1.807, 2.05) is 26.2 Å². The molecular formula is C13H19F2N3O. The lowest BCUT2D eigenvalue weighted by atomic mass is 9.90. The van der Waals surface area contributed by atoms with E-state index in [0.29, 0.717) is 6.54 Å². The van der Waals surface area contributed by atoms with Gasteiger partial charge in [-0.3, -0.25) is 10.6 Å². The topological polar surface area (TPSA) is 67.2 Å². The van der Waals surface area contributed by atoms with E-state index in [0.717, 1.165) is 18.6 Å². The highest BCUT2D eigenvalue weighted by Gasteiger charge is 2.18. The fourth-order valence-electron chi connectivity index (χ4n) is 1.39. The predicted molar refractivity (Wildman–Crippen MR) is 70.6 cm³/mol. The number of hydrogen-bond donors (Lipinski definition) is 3. The number of carbonyl (C=O) groups excluding carboxylic acids is 1. The number of hydrogen-bond acceptors (Lipinski definition) is 3. The van der Waals surface area contributed by atoms with Gasteiger partial charge in [-0.1, -0.05) is 20.8 Å². The average Bonchev–Trinajstić information content (AvgIpc) is 2.35. The molecule has 0 saturated carbocycles. The third-order valence-corrected chi connectivity index (χ3v) is 3.13. The van der Waals surface area contributed by atoms with Gasteiger partial charge in [-0.2, -0.15) is 0 Å². The molecule has 0 spiro atoms. The van der Waals surface area contributed by atoms with Crippen LogP contribution in [0.2, 0.25) is 0 Å². The number of anilines is 1. The summed E-state index contributed by atoms with van der Waals surface area (Å²) >= 11 is 0. The summed E-state index contributed by atoms with van der Waals surface area (Å²) in [4.78, 5) is 11.8. The fraction of sp³-hybridized carbons (Fsp3) is 0.462. The maximum Gasteiger partial charge on any atom is 0.251 e. The minimum atomic E-state index is -0.901. The lowest BCUT2D eigenvalue weighted by molar-refractivity contribution is 0.0935. The second kappa shape index (κ2) is 5.97. The molecule has 0 saturated heterocycles. The molecule has 1 aromatic carbocycles. The van der Waals surface area contributed by atoms with Crippen molar-refractivity contribution in [2.24, 2.45) is 11.3 Å². The van der Waals surface area contributed by atoms with Crippen molar-refractivity contribution in [3.05, 3.63) is 29.3 Å². The Morgan fingerprint density at radius 2 is 1.84 bits per heavy atom. The van der Waals surface area contributed by atoms with E-state index in [-0.39, 0.29) is 11.0 Å². The quantitative estimate of drug-likeness (QED) is 0.569. The molecule has 19 heavy (non-hydrogen) atoms. The third-order valence-electron chi connectivity index (χ3n) is 3.13. The van der Waals surface area contributed by atoms with Gasteiger partial charge in [-0.05, 0) is 24.0 Å². The molecular weight excluding hydrogens is 252 g/mol. The molecule has 0 aliphatic carbocycles. The molecule has 1 aromatic rings. The van der Waals surface area contributed by atoms with Gasteiger partial charge in [0.2, 0.25) is 0 Å². The molecule has 0 aromatic heterocycles. The van der Waals surface area contributed by atoms with E-state index in [1.54, 1.807) is 0 Å². The van der Waals surface area contributed by atoms with E-state index in [1.165, 1.54) is 0 Å². The van der Waals surface area contributed by atoms with Gasteiger partial charge in [0.15, 0.2) is 11.6 Å². The Bertz CT molecular complexity index is 452. The van der Waals surface area contributed by atoms with E-state index in [2.05, 4.69) is 5.32 Å². The number of nitrogens with two attached hydrogens (primary N) is 1. The van der Waals surface area contributed by atoms with Gasteiger partial charge in [-0.15, -0.1) is 0 Å². The van der Waals surface area contributed by atoms with Crippen molar-refractivity contribution in [3.63, 3.8) is 0 Å². The van der Waals surface area contributed by atoms with Gasteiger partial charge in [0.1, 0.15) is 5.69 Å². The van der Waals surface area contributed by atoms with Crippen molar-refractivity contribution in [1.29, 1.82) is 0 Å². The van der Waals surface area contributed by atoms with Gasteiger partial charge in [0, 0.05) is 12.1 Å². The van der Waals surface area contributed by atoms with E-state index >= 15 is 0 Å². The van der Waals surface area contributed by atoms with E-state index in [9.17, 15) is 13.6 Å². The van der Waals surface area contributed by atoms with Crippen LogP contribution in [0.15, 0.2) is 12.1 Å². The Labute approximate surface area is 111 Å². The van der Waals surface area contributed by atoms with Crippen molar-refractivity contribution < 1.29 is 13.6 Å². The lowest BCUT2D eigenvalue weighted by Gasteiger charge is -2.22. The maximum atomic E-state index is 13.4. The summed E-state index contributed by atoms with van der Waals surface area (Å²) in [5.74, 6) is 2.67. The van der Waals surface area contributed by atoms with Crippen molar-refractivity contribution in [2.75, 3.05) is 12.0 Å². The second-order valence-electron chi connectivity index (χ2n) is 5.16. The summed E-state index contributed by atoms with van der Waals surface area (Å²) in [6, 6.07) is 1.90. The molecule has 4 nitrogen and oxygen atoms in total. The van der Waals surface area contributed by atoms with Gasteiger partial charge < -0.3 is 10.7 Å². The molecule has 0 aliphatic heterocycles. The Kier molecular flexibility index (Phi) is 4.83. The predicted octanol–water partition coefficient (Wildman–Crippen LogP) is 2.42. The number of carbonyl (C=O) groups is 1. The van der Waals surface area contributed by atoms with Gasteiger partial charge in [-0.25, -0.2) is 8.78 Å². The van der Waals surface area contributed by atoms with Crippen molar-refractivity contribution in [3.8, 4) is 0 Å². The highest BCUT2D eigenvalue weighted by Crippen LogP contribution is 2.21. The third kappa shape index (κ3) is 3.89. The highest BCUT2D eigenvalue weighted by molar-refractivity contribution is 5.94. The number of benzene rings is 1. The highest BCUT2D eigenvalue weighted by atomic mass is 19.1. The zero-order valence-electron chi connectivity index (χ0n) is 11.3. The maximum absolute atomic E-state index is 13.4. The number of hydrazine groups is 1. The molecule has 0 fully saturated rings. The summed E-state index contributed by atoms with van der Waals surface area (Å²) < 4.78 is 26.9. The fourth-order valence-corrected chi connectivity index (χ4v) is 1.39. The van der Waals surface area contributed by atoms with Crippen LogP contribution < -0.4 is 16.6 Å². The molecule has 0 radical (unpaired) electrons. The molecule has 0 atom stereocenters. The van der Waals surface area contributed by atoms with Crippen molar-refractivity contribution >= 4 is 11.6 Å². The molecule has 0 aliphatic rings. The zero-order chi connectivity index (χ0) is 14.6. The van der Waals surface area contributed by atoms with Crippen LogP contribution in [0.25, 0.3) is 0 Å². The molecule has 4 N–H and O–H groups in total. The normalized spacial score (nSPS) is 11.3. The Morgan fingerprint density at radius 1 is 1.32 bits per heavy atom. The van der Waals surface area contributed by atoms with Gasteiger partial charge >= 0.3 is 0 Å². The summed E-state index contributed by atoms with van der Waals surface area (Å²) in [5.41, 5.74) is 1.33. The van der Waals surface area contributed by atoms with Gasteiger partial charge in [0.25, 0.3) is 5.91 Å². The van der Waals surface area contributed by atoms with Crippen LogP contribution in [-0.4, -0.2) is 12.5 Å². The summed E-state index contributed by atoms with van der Waals surface area (Å²) in [6.07, 6.45) is 0.881. The lowest BCUT2D eigenvalue weighted by Crippen LogP contribution is -2.33. The summed E-state index contributed by atoms with van der Waals surface area (Å²) in [6.45, 7) is 6.43. The minimum absolute atomic E-state index is 0.0640. The molecule has 0 bridgehead atoms. The summed E-state index contributed by atoms with van der Waals surface area (Å²) in [5, 5.41) is 2.66. The van der Waals surface area contributed by atoms with Crippen molar-refractivity contribution in [2.45, 2.75) is 27.2 Å². The number of rotatable bonds is 5. The number of halogens is 2. The van der Waals surface area contributed by atoms with Crippen LogP contribution >= 0.6 is 0 Å². The SMILES string of the molecule is CCC(C)(C)CNC(=O)c1cc(F)c(NN)c(F)c1. The first kappa shape index (κ1) is 15.4. The largest absolute Gasteiger partial charge is 0.351 e. The Morgan fingerprint density at radius 3 is 2.26 bits per heavy atom. The van der Waals surface area contributed by atoms with Crippen LogP contribution in [0.4, 0.5) is 14.5 Å².